The van der Waals surface area contributed by atoms with Gasteiger partial charge in [-0.25, -0.2) is 19.6 Å². The zero-order valence-corrected chi connectivity index (χ0v) is 15.8. The Hall–Kier alpha value is -4.41. The zero-order chi connectivity index (χ0) is 21.4. The predicted molar refractivity (Wildman–Crippen MR) is 108 cm³/mol. The zero-order valence-electron chi connectivity index (χ0n) is 15.8. The number of anilines is 1. The van der Waals surface area contributed by atoms with Crippen molar-refractivity contribution in [1.29, 1.82) is 0 Å². The van der Waals surface area contributed by atoms with E-state index < -0.39 is 12.5 Å². The molecule has 0 saturated heterocycles. The summed E-state index contributed by atoms with van der Waals surface area (Å²) >= 11 is 0. The van der Waals surface area contributed by atoms with Gasteiger partial charge < -0.3 is 9.97 Å². The van der Waals surface area contributed by atoms with Gasteiger partial charge in [0.2, 0.25) is 5.95 Å². The summed E-state index contributed by atoms with van der Waals surface area (Å²) < 4.78 is 26.1. The molecule has 9 nitrogen and oxygen atoms in total. The highest BCUT2D eigenvalue weighted by molar-refractivity contribution is 6.02. The van der Waals surface area contributed by atoms with E-state index in [1.807, 2.05) is 6.07 Å². The lowest BCUT2D eigenvalue weighted by atomic mass is 10.1. The van der Waals surface area contributed by atoms with Crippen LogP contribution in [0.15, 0.2) is 61.3 Å². The molecule has 0 radical (unpaired) electrons. The predicted octanol–water partition coefficient (Wildman–Crippen LogP) is 3.86. The van der Waals surface area contributed by atoms with Gasteiger partial charge in [-0.2, -0.15) is 13.9 Å². The van der Waals surface area contributed by atoms with Crippen molar-refractivity contribution in [2.24, 2.45) is 0 Å². The second-order valence-corrected chi connectivity index (χ2v) is 6.63. The number of nitrogens with zero attached hydrogens (tertiary/aromatic N) is 5. The van der Waals surface area contributed by atoms with E-state index in [2.05, 4.69) is 35.3 Å². The van der Waals surface area contributed by atoms with Crippen molar-refractivity contribution in [3.8, 4) is 22.5 Å². The SMILES string of the molecule is O=C(Nc1ncc[nH]1)c1cccc(-c2cnc3[nH]c(-c4cnn(C(F)F)c4)cc3c2)n1. The molecule has 0 atom stereocenters. The van der Waals surface area contributed by atoms with Crippen LogP contribution in [0.1, 0.15) is 17.0 Å². The summed E-state index contributed by atoms with van der Waals surface area (Å²) in [6.07, 6.45) is 7.38. The summed E-state index contributed by atoms with van der Waals surface area (Å²) in [5, 5.41) is 7.05. The van der Waals surface area contributed by atoms with Gasteiger partial charge in [0, 0.05) is 41.3 Å². The Labute approximate surface area is 173 Å². The summed E-state index contributed by atoms with van der Waals surface area (Å²) in [6, 6.07) is 8.75. The van der Waals surface area contributed by atoms with E-state index in [1.54, 1.807) is 36.7 Å². The van der Waals surface area contributed by atoms with Gasteiger partial charge in [-0.05, 0) is 24.3 Å². The highest BCUT2D eigenvalue weighted by Crippen LogP contribution is 2.27. The van der Waals surface area contributed by atoms with E-state index in [4.69, 9.17) is 0 Å². The van der Waals surface area contributed by atoms with Gasteiger partial charge in [0.1, 0.15) is 11.3 Å². The molecule has 0 aromatic carbocycles. The molecule has 0 unspecified atom stereocenters. The fourth-order valence-corrected chi connectivity index (χ4v) is 3.12. The summed E-state index contributed by atoms with van der Waals surface area (Å²) in [5.41, 5.74) is 3.22. The molecule has 31 heavy (non-hydrogen) atoms. The molecule has 1 amide bonds. The highest BCUT2D eigenvalue weighted by atomic mass is 19.3. The third-order valence-electron chi connectivity index (χ3n) is 4.59. The first kappa shape index (κ1) is 18.6. The Morgan fingerprint density at radius 1 is 1.13 bits per heavy atom. The maximum absolute atomic E-state index is 12.8. The number of rotatable bonds is 5. The van der Waals surface area contributed by atoms with Gasteiger partial charge in [-0.3, -0.25) is 10.1 Å². The number of halogens is 2. The maximum atomic E-state index is 12.8. The van der Waals surface area contributed by atoms with Crippen LogP contribution in [-0.4, -0.2) is 40.6 Å². The molecule has 0 aliphatic rings. The van der Waals surface area contributed by atoms with Crippen molar-refractivity contribution in [1.82, 2.24) is 34.7 Å². The second kappa shape index (κ2) is 7.44. The van der Waals surface area contributed by atoms with Crippen LogP contribution in [-0.2, 0) is 0 Å². The number of hydrogen-bond donors (Lipinski definition) is 3. The van der Waals surface area contributed by atoms with E-state index in [9.17, 15) is 13.6 Å². The van der Waals surface area contributed by atoms with Crippen molar-refractivity contribution in [2.45, 2.75) is 6.55 Å². The van der Waals surface area contributed by atoms with E-state index in [0.29, 0.717) is 38.8 Å². The lowest BCUT2D eigenvalue weighted by molar-refractivity contribution is 0.0566. The van der Waals surface area contributed by atoms with E-state index in [1.165, 1.54) is 18.6 Å². The Kier molecular flexibility index (Phi) is 4.47. The lowest BCUT2D eigenvalue weighted by Crippen LogP contribution is -2.14. The number of aromatic nitrogens is 7. The minimum absolute atomic E-state index is 0.225. The molecule has 5 aromatic rings. The fourth-order valence-electron chi connectivity index (χ4n) is 3.12. The van der Waals surface area contributed by atoms with Crippen molar-refractivity contribution >= 4 is 22.9 Å². The number of fused-ring (bicyclic) bond motifs is 1. The van der Waals surface area contributed by atoms with Crippen LogP contribution in [0.4, 0.5) is 14.7 Å². The molecule has 0 fully saturated rings. The fraction of sp³-hybridized carbons (Fsp3) is 0.0500. The third-order valence-corrected chi connectivity index (χ3v) is 4.59. The Balaban J connectivity index is 1.44. The number of aromatic amines is 2. The minimum atomic E-state index is -2.70. The number of imidazole rings is 1. The average Bonchev–Trinajstić information content (AvgIpc) is 3.53. The molecule has 5 heterocycles. The van der Waals surface area contributed by atoms with Gasteiger partial charge in [-0.1, -0.05) is 6.07 Å². The molecule has 0 saturated carbocycles. The Bertz CT molecular complexity index is 1370. The van der Waals surface area contributed by atoms with Crippen molar-refractivity contribution < 1.29 is 13.6 Å². The first-order chi connectivity index (χ1) is 15.1. The number of carbonyl (C=O) groups is 1. The molecule has 0 aliphatic heterocycles. The molecular formula is C20H14F2N8O. The number of hydrogen-bond acceptors (Lipinski definition) is 5. The summed E-state index contributed by atoms with van der Waals surface area (Å²) in [5.74, 6) is -0.0684. The molecule has 0 spiro atoms. The summed E-state index contributed by atoms with van der Waals surface area (Å²) in [4.78, 5) is 31.1. The highest BCUT2D eigenvalue weighted by Gasteiger charge is 2.13. The lowest BCUT2D eigenvalue weighted by Gasteiger charge is -2.05. The monoisotopic (exact) mass is 420 g/mol. The van der Waals surface area contributed by atoms with Crippen molar-refractivity contribution in [2.75, 3.05) is 5.32 Å². The van der Waals surface area contributed by atoms with Gasteiger partial charge in [-0.15, -0.1) is 0 Å². The number of carbonyl (C=O) groups excluding carboxylic acids is 1. The standard InChI is InChI=1S/C20H14F2N8O/c21-19(22)30-10-13(9-26-30)16-7-11-6-12(8-25-17(11)28-16)14-2-1-3-15(27-14)18(31)29-20-23-4-5-24-20/h1-10,19H,(H,25,28)(H2,23,24,29,31). The number of H-pyrrole nitrogens is 2. The van der Waals surface area contributed by atoms with Crippen LogP contribution in [0.2, 0.25) is 0 Å². The molecule has 5 aromatic heterocycles. The van der Waals surface area contributed by atoms with Crippen LogP contribution in [0, 0.1) is 0 Å². The van der Waals surface area contributed by atoms with Gasteiger partial charge in [0.25, 0.3) is 5.91 Å². The number of alkyl halides is 2. The number of nitrogens with one attached hydrogen (secondary N) is 3. The van der Waals surface area contributed by atoms with Gasteiger partial charge in [0.15, 0.2) is 0 Å². The Morgan fingerprint density at radius 2 is 2.03 bits per heavy atom. The van der Waals surface area contributed by atoms with E-state index in [-0.39, 0.29) is 5.69 Å². The number of amides is 1. The minimum Gasteiger partial charge on any atom is -0.339 e. The third kappa shape index (κ3) is 3.64. The quantitative estimate of drug-likeness (QED) is 0.399. The maximum Gasteiger partial charge on any atom is 0.333 e. The van der Waals surface area contributed by atoms with E-state index in [0.717, 1.165) is 5.39 Å². The largest absolute Gasteiger partial charge is 0.339 e. The van der Waals surface area contributed by atoms with Gasteiger partial charge in [0.05, 0.1) is 17.6 Å². The van der Waals surface area contributed by atoms with Crippen molar-refractivity contribution in [3.63, 3.8) is 0 Å². The molecule has 3 N–H and O–H groups in total. The molecule has 11 heteroatoms. The number of pyridine rings is 2. The first-order valence-corrected chi connectivity index (χ1v) is 9.16. The van der Waals surface area contributed by atoms with Crippen molar-refractivity contribution in [3.05, 3.63) is 67.0 Å². The van der Waals surface area contributed by atoms with E-state index >= 15 is 0 Å². The summed E-state index contributed by atoms with van der Waals surface area (Å²) in [7, 11) is 0. The van der Waals surface area contributed by atoms with Crippen LogP contribution in [0.25, 0.3) is 33.5 Å². The first-order valence-electron chi connectivity index (χ1n) is 9.16. The molecule has 0 aliphatic carbocycles. The molecule has 0 bridgehead atoms. The van der Waals surface area contributed by atoms with Crippen LogP contribution >= 0.6 is 0 Å². The Morgan fingerprint density at radius 3 is 2.81 bits per heavy atom. The molecule has 154 valence electrons. The van der Waals surface area contributed by atoms with Crippen LogP contribution in [0.3, 0.4) is 0 Å². The van der Waals surface area contributed by atoms with Crippen LogP contribution < -0.4 is 5.32 Å². The smallest absolute Gasteiger partial charge is 0.333 e. The molecular weight excluding hydrogens is 406 g/mol. The topological polar surface area (TPSA) is 117 Å². The van der Waals surface area contributed by atoms with Crippen LogP contribution in [0.5, 0.6) is 0 Å². The summed E-state index contributed by atoms with van der Waals surface area (Å²) in [6.45, 7) is -2.70. The molecule has 5 rings (SSSR count). The normalized spacial score (nSPS) is 11.3. The van der Waals surface area contributed by atoms with Gasteiger partial charge >= 0.3 is 6.55 Å². The second-order valence-electron chi connectivity index (χ2n) is 6.63. The average molecular weight is 420 g/mol.